The normalized spacial score (nSPS) is 11.6. The molecule has 0 radical (unpaired) electrons. The maximum absolute atomic E-state index is 12.9. The average Bonchev–Trinajstić information content (AvgIpc) is 2.37. The van der Waals surface area contributed by atoms with Gasteiger partial charge < -0.3 is 5.11 Å². The molecule has 2 rings (SSSR count). The van der Waals surface area contributed by atoms with Gasteiger partial charge in [-0.25, -0.2) is 0 Å². The number of aliphatic hydroxyl groups is 1. The van der Waals surface area contributed by atoms with Crippen LogP contribution in [0, 0.1) is 0 Å². The van der Waals surface area contributed by atoms with Crippen LogP contribution in [0.2, 0.25) is 0 Å². The van der Waals surface area contributed by atoms with E-state index in [4.69, 9.17) is 5.11 Å². The van der Waals surface area contributed by atoms with Gasteiger partial charge >= 0.3 is 6.18 Å². The van der Waals surface area contributed by atoms with Gasteiger partial charge in [0, 0.05) is 17.3 Å². The van der Waals surface area contributed by atoms with E-state index in [1.54, 1.807) is 12.1 Å². The van der Waals surface area contributed by atoms with E-state index < -0.39 is 11.7 Å². The zero-order valence-electron chi connectivity index (χ0n) is 9.28. The number of nitrogens with zero attached hydrogens (tertiary/aromatic N) is 1. The highest BCUT2D eigenvalue weighted by molar-refractivity contribution is 5.67. The van der Waals surface area contributed by atoms with E-state index >= 15 is 0 Å². The molecule has 0 fully saturated rings. The minimum Gasteiger partial charge on any atom is -0.392 e. The number of benzene rings is 1. The Labute approximate surface area is 102 Å². The Morgan fingerprint density at radius 3 is 2.44 bits per heavy atom. The van der Waals surface area contributed by atoms with Crippen LogP contribution in [-0.4, -0.2) is 10.1 Å². The molecule has 0 spiro atoms. The van der Waals surface area contributed by atoms with Crippen molar-refractivity contribution in [1.82, 2.24) is 4.98 Å². The van der Waals surface area contributed by atoms with Crippen LogP contribution in [0.25, 0.3) is 11.3 Å². The van der Waals surface area contributed by atoms with Crippen LogP contribution in [0.1, 0.15) is 11.1 Å². The Bertz CT molecular complexity index is 552. The Balaban J connectivity index is 2.65. The zero-order chi connectivity index (χ0) is 13.2. The number of hydrogen-bond donors (Lipinski definition) is 1. The van der Waals surface area contributed by atoms with Crippen molar-refractivity contribution in [3.05, 3.63) is 53.7 Å². The van der Waals surface area contributed by atoms with Gasteiger partial charge in [0.1, 0.15) is 0 Å². The van der Waals surface area contributed by atoms with E-state index in [0.717, 1.165) is 6.07 Å². The van der Waals surface area contributed by atoms with Crippen molar-refractivity contribution >= 4 is 0 Å². The minimum atomic E-state index is -4.44. The third kappa shape index (κ3) is 2.36. The van der Waals surface area contributed by atoms with Gasteiger partial charge in [0.25, 0.3) is 0 Å². The van der Waals surface area contributed by atoms with Crippen LogP contribution in [0.3, 0.4) is 0 Å². The second-order valence-electron chi connectivity index (χ2n) is 3.71. The first-order valence-corrected chi connectivity index (χ1v) is 5.25. The molecule has 0 aliphatic rings. The number of alkyl halides is 3. The first-order valence-electron chi connectivity index (χ1n) is 5.25. The van der Waals surface area contributed by atoms with Gasteiger partial charge in [-0.05, 0) is 12.1 Å². The fourth-order valence-electron chi connectivity index (χ4n) is 1.75. The van der Waals surface area contributed by atoms with Gasteiger partial charge in [0.2, 0.25) is 0 Å². The molecule has 2 nitrogen and oxygen atoms in total. The summed E-state index contributed by atoms with van der Waals surface area (Å²) < 4.78 is 38.6. The van der Waals surface area contributed by atoms with Gasteiger partial charge in [-0.15, -0.1) is 0 Å². The SMILES string of the molecule is OCc1cccnc1-c1ccccc1C(F)(F)F. The highest BCUT2D eigenvalue weighted by atomic mass is 19.4. The summed E-state index contributed by atoms with van der Waals surface area (Å²) in [4.78, 5) is 3.93. The lowest BCUT2D eigenvalue weighted by molar-refractivity contribution is -0.137. The molecule has 0 aliphatic carbocycles. The van der Waals surface area contributed by atoms with E-state index in [2.05, 4.69) is 4.98 Å². The Hall–Kier alpha value is -1.88. The van der Waals surface area contributed by atoms with Gasteiger partial charge in [0.05, 0.1) is 17.9 Å². The van der Waals surface area contributed by atoms with Crippen LogP contribution in [0.15, 0.2) is 42.6 Å². The van der Waals surface area contributed by atoms with Crippen LogP contribution >= 0.6 is 0 Å². The summed E-state index contributed by atoms with van der Waals surface area (Å²) in [5, 5.41) is 9.15. The van der Waals surface area contributed by atoms with Gasteiger partial charge in [0.15, 0.2) is 0 Å². The topological polar surface area (TPSA) is 33.1 Å². The fourth-order valence-corrected chi connectivity index (χ4v) is 1.75. The summed E-state index contributed by atoms with van der Waals surface area (Å²) in [5.41, 5.74) is -0.241. The molecule has 0 unspecified atom stereocenters. The number of halogens is 3. The second-order valence-corrected chi connectivity index (χ2v) is 3.71. The second kappa shape index (κ2) is 4.78. The average molecular weight is 253 g/mol. The predicted molar refractivity (Wildman–Crippen MR) is 60.6 cm³/mol. The molecule has 1 aromatic heterocycles. The Morgan fingerprint density at radius 2 is 1.78 bits per heavy atom. The molecule has 0 amide bonds. The molecule has 5 heteroatoms. The largest absolute Gasteiger partial charge is 0.417 e. The molecular formula is C13H10F3NO. The van der Waals surface area contributed by atoms with Crippen molar-refractivity contribution in [2.75, 3.05) is 0 Å². The maximum atomic E-state index is 12.9. The third-order valence-electron chi connectivity index (χ3n) is 2.55. The van der Waals surface area contributed by atoms with Crippen molar-refractivity contribution in [1.29, 1.82) is 0 Å². The van der Waals surface area contributed by atoms with Gasteiger partial charge in [-0.3, -0.25) is 4.98 Å². The molecule has 2 aromatic rings. The Morgan fingerprint density at radius 1 is 1.06 bits per heavy atom. The number of rotatable bonds is 2. The molecule has 1 aromatic carbocycles. The van der Waals surface area contributed by atoms with E-state index in [-0.39, 0.29) is 17.9 Å². The summed E-state index contributed by atoms with van der Waals surface area (Å²) in [7, 11) is 0. The molecule has 0 saturated heterocycles. The third-order valence-corrected chi connectivity index (χ3v) is 2.55. The highest BCUT2D eigenvalue weighted by Gasteiger charge is 2.33. The Kier molecular flexibility index (Phi) is 3.34. The number of aromatic nitrogens is 1. The standard InChI is InChI=1S/C13H10F3NO/c14-13(15,16)11-6-2-1-5-10(11)12-9(8-18)4-3-7-17-12/h1-7,18H,8H2. The molecule has 94 valence electrons. The van der Waals surface area contributed by atoms with E-state index in [0.29, 0.717) is 5.56 Å². The molecule has 18 heavy (non-hydrogen) atoms. The van der Waals surface area contributed by atoms with E-state index in [1.165, 1.54) is 24.4 Å². The van der Waals surface area contributed by atoms with E-state index in [1.807, 2.05) is 0 Å². The van der Waals surface area contributed by atoms with Crippen LogP contribution in [0.4, 0.5) is 13.2 Å². The lowest BCUT2D eigenvalue weighted by Crippen LogP contribution is -2.08. The molecule has 0 atom stereocenters. The summed E-state index contributed by atoms with van der Waals surface area (Å²) >= 11 is 0. The first kappa shape index (κ1) is 12.6. The predicted octanol–water partition coefficient (Wildman–Crippen LogP) is 3.26. The summed E-state index contributed by atoms with van der Waals surface area (Å²) in [5.74, 6) is 0. The van der Waals surface area contributed by atoms with Crippen LogP contribution in [-0.2, 0) is 12.8 Å². The first-order chi connectivity index (χ1) is 8.54. The number of pyridine rings is 1. The van der Waals surface area contributed by atoms with Crippen molar-refractivity contribution in [3.8, 4) is 11.3 Å². The van der Waals surface area contributed by atoms with Crippen molar-refractivity contribution in [2.24, 2.45) is 0 Å². The maximum Gasteiger partial charge on any atom is 0.417 e. The molecular weight excluding hydrogens is 243 g/mol. The summed E-state index contributed by atoms with van der Waals surface area (Å²) in [6.07, 6.45) is -3.04. The van der Waals surface area contributed by atoms with Gasteiger partial charge in [-0.2, -0.15) is 13.2 Å². The van der Waals surface area contributed by atoms with Gasteiger partial charge in [-0.1, -0.05) is 24.3 Å². The lowest BCUT2D eigenvalue weighted by atomic mass is 10.0. The molecule has 1 N–H and O–H groups in total. The van der Waals surface area contributed by atoms with Crippen molar-refractivity contribution < 1.29 is 18.3 Å². The molecule has 1 heterocycles. The van der Waals surface area contributed by atoms with Crippen LogP contribution < -0.4 is 0 Å². The van der Waals surface area contributed by atoms with Crippen molar-refractivity contribution in [2.45, 2.75) is 12.8 Å². The van der Waals surface area contributed by atoms with Crippen LogP contribution in [0.5, 0.6) is 0 Å². The molecule has 0 bridgehead atoms. The lowest BCUT2D eigenvalue weighted by Gasteiger charge is -2.13. The summed E-state index contributed by atoms with van der Waals surface area (Å²) in [6, 6.07) is 8.32. The number of hydrogen-bond acceptors (Lipinski definition) is 2. The quantitative estimate of drug-likeness (QED) is 0.891. The minimum absolute atomic E-state index is 0.0188. The summed E-state index contributed by atoms with van der Waals surface area (Å²) in [6.45, 7) is -0.352. The fraction of sp³-hybridized carbons (Fsp3) is 0.154. The highest BCUT2D eigenvalue weighted by Crippen LogP contribution is 2.37. The van der Waals surface area contributed by atoms with Crippen molar-refractivity contribution in [3.63, 3.8) is 0 Å². The molecule has 0 aliphatic heterocycles. The monoisotopic (exact) mass is 253 g/mol. The zero-order valence-corrected chi connectivity index (χ0v) is 9.28. The smallest absolute Gasteiger partial charge is 0.392 e. The molecule has 0 saturated carbocycles. The number of aliphatic hydroxyl groups excluding tert-OH is 1. The van der Waals surface area contributed by atoms with E-state index in [9.17, 15) is 13.2 Å².